The zero-order valence-corrected chi connectivity index (χ0v) is 43.4. The van der Waals surface area contributed by atoms with Crippen LogP contribution in [-0.2, 0) is 35.7 Å². The highest BCUT2D eigenvalue weighted by molar-refractivity contribution is 5.99. The average Bonchev–Trinajstić information content (AvgIpc) is 4.10. The predicted octanol–water partition coefficient (Wildman–Crippen LogP) is 12.9. The van der Waals surface area contributed by atoms with E-state index in [2.05, 4.69) is 38.1 Å². The molecule has 4 aliphatic heterocycles. The van der Waals surface area contributed by atoms with Crippen LogP contribution in [0.3, 0.4) is 0 Å². The minimum absolute atomic E-state index is 0.435. The number of aryl methyl sites for hydroxylation is 2. The lowest BCUT2D eigenvalue weighted by molar-refractivity contribution is -0.107. The molecule has 2 unspecified atom stereocenters. The van der Waals surface area contributed by atoms with Gasteiger partial charge in [-0.1, -0.05) is 74.5 Å². The molecule has 2 amide bonds. The zero-order chi connectivity index (χ0) is 53.0. The molecule has 0 saturated carbocycles. The van der Waals surface area contributed by atoms with Gasteiger partial charge in [0, 0.05) is 102 Å². The van der Waals surface area contributed by atoms with Crippen LogP contribution in [0.1, 0.15) is 96.6 Å². The lowest BCUT2D eigenvalue weighted by Crippen LogP contribution is -2.33. The number of hydrogen-bond acceptors (Lipinski definition) is 10. The van der Waals surface area contributed by atoms with Gasteiger partial charge >= 0.3 is 11.9 Å². The summed E-state index contributed by atoms with van der Waals surface area (Å²) in [5, 5.41) is 0. The molecule has 378 valence electrons. The Labute approximate surface area is 441 Å². The van der Waals surface area contributed by atoms with Crippen molar-refractivity contribution in [3.05, 3.63) is 224 Å². The van der Waals surface area contributed by atoms with E-state index in [1.807, 2.05) is 173 Å². The maximum Gasteiger partial charge on any atom is 0.340 e. The first kappa shape index (κ1) is 47.8. The highest BCUT2D eigenvalue weighted by Crippen LogP contribution is 2.60. The molecule has 76 heavy (non-hydrogen) atoms. The van der Waals surface area contributed by atoms with Crippen molar-refractivity contribution in [3.8, 4) is 23.0 Å². The maximum absolute atomic E-state index is 13.7. The summed E-state index contributed by atoms with van der Waals surface area (Å²) < 4.78 is 26.2. The summed E-state index contributed by atoms with van der Waals surface area (Å²) >= 11 is 0. The Morgan fingerprint density at radius 1 is 0.461 bits per heavy atom. The Morgan fingerprint density at radius 2 is 0.829 bits per heavy atom. The van der Waals surface area contributed by atoms with Crippen molar-refractivity contribution < 1.29 is 38.1 Å². The van der Waals surface area contributed by atoms with Gasteiger partial charge in [0.1, 0.15) is 23.0 Å². The second-order valence-corrected chi connectivity index (χ2v) is 20.6. The van der Waals surface area contributed by atoms with E-state index in [9.17, 15) is 19.2 Å². The van der Waals surface area contributed by atoms with Crippen LogP contribution in [0.15, 0.2) is 158 Å². The number of rotatable bonds is 11. The monoisotopic (exact) mass is 1010 g/mol. The van der Waals surface area contributed by atoms with Crippen LogP contribution in [0.4, 0.5) is 34.1 Å². The van der Waals surface area contributed by atoms with Crippen molar-refractivity contribution in [2.45, 2.75) is 50.7 Å². The van der Waals surface area contributed by atoms with Crippen molar-refractivity contribution >= 4 is 58.9 Å². The molecule has 2 atom stereocenters. The van der Waals surface area contributed by atoms with Crippen molar-refractivity contribution in [2.24, 2.45) is 0 Å². The molecule has 0 aromatic heterocycles. The zero-order valence-electron chi connectivity index (χ0n) is 43.4. The van der Waals surface area contributed by atoms with E-state index in [0.717, 1.165) is 52.9 Å². The van der Waals surface area contributed by atoms with Gasteiger partial charge in [-0.25, -0.2) is 9.59 Å². The number of nitrogens with zero attached hydrogens (tertiary/aromatic N) is 4. The Balaban J connectivity index is 0.864. The quantitative estimate of drug-likeness (QED) is 0.0915. The number of amides is 2. The van der Waals surface area contributed by atoms with Crippen LogP contribution < -0.4 is 29.1 Å². The van der Waals surface area contributed by atoms with Crippen LogP contribution in [0.5, 0.6) is 23.0 Å². The smallest absolute Gasteiger partial charge is 0.340 e. The second kappa shape index (κ2) is 17.5. The van der Waals surface area contributed by atoms with Crippen LogP contribution in [0, 0.1) is 13.8 Å². The first-order chi connectivity index (χ1) is 36.6. The summed E-state index contributed by atoms with van der Waals surface area (Å²) in [7, 11) is 7.84. The molecule has 2 spiro atoms. The molecule has 4 heterocycles. The van der Waals surface area contributed by atoms with Crippen molar-refractivity contribution in [1.29, 1.82) is 0 Å². The van der Waals surface area contributed by atoms with Gasteiger partial charge in [0.25, 0.3) is 0 Å². The van der Waals surface area contributed by atoms with Gasteiger partial charge in [0.05, 0.1) is 22.5 Å². The highest BCUT2D eigenvalue weighted by atomic mass is 16.6. The third kappa shape index (κ3) is 6.89. The lowest BCUT2D eigenvalue weighted by Gasteiger charge is -2.38. The van der Waals surface area contributed by atoms with Crippen LogP contribution >= 0.6 is 0 Å². The minimum atomic E-state index is -1.32. The SMILES string of the molecule is CCC(C)(c1ccc(N(C=O)c2cc3c(cc2C)Oc2cc(N(C)C)ccc2C32OC(=O)c3ccccc32)cc1)c1ccc(N(C=O)c2cc3c(cc2C)Oc2cc(N(C)C)ccc2C32OC(=O)c3ccccc32)cc1. The van der Waals surface area contributed by atoms with Crippen molar-refractivity contribution in [1.82, 2.24) is 0 Å². The van der Waals surface area contributed by atoms with E-state index < -0.39 is 28.6 Å². The van der Waals surface area contributed by atoms with E-state index in [0.29, 0.717) is 90.3 Å². The Morgan fingerprint density at radius 3 is 1.20 bits per heavy atom. The molecule has 0 bridgehead atoms. The van der Waals surface area contributed by atoms with Crippen molar-refractivity contribution in [2.75, 3.05) is 47.8 Å². The van der Waals surface area contributed by atoms with E-state index in [4.69, 9.17) is 18.9 Å². The van der Waals surface area contributed by atoms with Gasteiger partial charge in [0.15, 0.2) is 11.2 Å². The molecule has 0 aliphatic carbocycles. The van der Waals surface area contributed by atoms with Gasteiger partial charge in [-0.3, -0.25) is 19.4 Å². The Kier molecular flexibility index (Phi) is 11.0. The van der Waals surface area contributed by atoms with Gasteiger partial charge < -0.3 is 28.7 Å². The molecule has 0 fully saturated rings. The fraction of sp³-hybridized carbons (Fsp3) is 0.188. The third-order valence-electron chi connectivity index (χ3n) is 16.1. The molecule has 0 radical (unpaired) electrons. The number of benzene rings is 8. The molecule has 12 nitrogen and oxygen atoms in total. The van der Waals surface area contributed by atoms with Crippen molar-refractivity contribution in [3.63, 3.8) is 0 Å². The van der Waals surface area contributed by atoms with Crippen LogP contribution in [0.25, 0.3) is 0 Å². The van der Waals surface area contributed by atoms with Gasteiger partial charge in [-0.05, 0) is 127 Å². The Hall–Kier alpha value is -9.16. The average molecular weight is 1010 g/mol. The summed E-state index contributed by atoms with van der Waals surface area (Å²) in [6, 6.07) is 50.2. The lowest BCUT2D eigenvalue weighted by atomic mass is 9.74. The van der Waals surface area contributed by atoms with E-state index in [-0.39, 0.29) is 0 Å². The summed E-state index contributed by atoms with van der Waals surface area (Å²) in [5.74, 6) is 1.36. The molecule has 12 heteroatoms. The molecule has 0 N–H and O–H groups in total. The summed E-state index contributed by atoms with van der Waals surface area (Å²) in [4.78, 5) is 61.2. The van der Waals surface area contributed by atoms with E-state index in [1.165, 1.54) is 0 Å². The van der Waals surface area contributed by atoms with E-state index >= 15 is 0 Å². The number of carbonyl (C=O) groups excluding carboxylic acids is 4. The molecule has 8 aromatic carbocycles. The number of anilines is 6. The molecule has 4 aliphatic rings. The summed E-state index contributed by atoms with van der Waals surface area (Å²) in [5.41, 5.74) is 9.89. The maximum atomic E-state index is 13.7. The second-order valence-electron chi connectivity index (χ2n) is 20.6. The molecule has 0 saturated heterocycles. The normalized spacial score (nSPS) is 17.8. The summed E-state index contributed by atoms with van der Waals surface area (Å²) in [6.07, 6.45) is 2.35. The third-order valence-corrected chi connectivity index (χ3v) is 16.1. The van der Waals surface area contributed by atoms with Crippen LogP contribution in [0.2, 0.25) is 0 Å². The number of esters is 2. The van der Waals surface area contributed by atoms with Gasteiger partial charge in [-0.2, -0.15) is 0 Å². The molecular formula is C64H54N4O8. The van der Waals surface area contributed by atoms with Gasteiger partial charge in [-0.15, -0.1) is 0 Å². The molecule has 12 rings (SSSR count). The summed E-state index contributed by atoms with van der Waals surface area (Å²) in [6.45, 7) is 8.19. The predicted molar refractivity (Wildman–Crippen MR) is 294 cm³/mol. The largest absolute Gasteiger partial charge is 0.456 e. The van der Waals surface area contributed by atoms with Gasteiger partial charge in [0.2, 0.25) is 12.8 Å². The fourth-order valence-electron chi connectivity index (χ4n) is 11.7. The first-order valence-electron chi connectivity index (χ1n) is 25.3. The molecular weight excluding hydrogens is 953 g/mol. The van der Waals surface area contributed by atoms with E-state index in [1.54, 1.807) is 21.9 Å². The highest BCUT2D eigenvalue weighted by Gasteiger charge is 2.55. The topological polar surface area (TPSA) is 118 Å². The standard InChI is InChI=1S/C64H54N4O8/c1-9-62(4,40-18-22-42(23-19-40)67(36-69)54-34-52-56(30-38(54)2)73-58-32-44(65(5)6)26-28-50(58)63(52)48-16-12-10-14-46(48)60(71)75-63)41-20-24-43(25-21-41)68(37-70)55-35-53-57(31-39(55)3)74-59-33-45(66(7)8)27-29-51(59)64(53)49-17-13-11-15-47(49)61(72)76-64/h10-37H,9H2,1-8H3. The fourth-order valence-corrected chi connectivity index (χ4v) is 11.7. The first-order valence-corrected chi connectivity index (χ1v) is 25.3. The Bertz CT molecular complexity index is 3520. The number of fused-ring (bicyclic) bond motifs is 12. The minimum Gasteiger partial charge on any atom is -0.456 e. The molecule has 8 aromatic rings. The number of carbonyl (C=O) groups is 4. The number of hydrogen-bond donors (Lipinski definition) is 0. The van der Waals surface area contributed by atoms with Crippen LogP contribution in [-0.4, -0.2) is 52.9 Å². The number of ether oxygens (including phenoxy) is 4.